The number of aromatic nitrogens is 4. The molecule has 0 unspecified atom stereocenters. The maximum atomic E-state index is 13.5. The number of rotatable bonds is 3. The largest absolute Gasteiger partial charge is 0.478 e. The average Bonchev–Trinajstić information content (AvgIpc) is 3.09. The smallest absolute Gasteiger partial charge is 0.335 e. The summed E-state index contributed by atoms with van der Waals surface area (Å²) in [6.07, 6.45) is 0. The molecule has 0 aliphatic heterocycles. The second-order valence-electron chi connectivity index (χ2n) is 5.21. The van der Waals surface area contributed by atoms with Crippen molar-refractivity contribution in [2.24, 2.45) is 0 Å². The number of hydrogen-bond donors (Lipinski definition) is 4. The van der Waals surface area contributed by atoms with Crippen molar-refractivity contribution in [2.75, 3.05) is 0 Å². The summed E-state index contributed by atoms with van der Waals surface area (Å²) < 4.78 is 14.0. The normalized spacial score (nSPS) is 11.4. The summed E-state index contributed by atoms with van der Waals surface area (Å²) >= 11 is 4.40. The second-order valence-corrected chi connectivity index (χ2v) is 7.09. The maximum Gasteiger partial charge on any atom is 0.335 e. The van der Waals surface area contributed by atoms with Crippen LogP contribution in [-0.2, 0) is 0 Å². The Labute approximate surface area is 150 Å². The number of aromatic carboxylic acids is 1. The van der Waals surface area contributed by atoms with E-state index in [0.29, 0.717) is 36.6 Å². The molecule has 0 saturated heterocycles. The Morgan fingerprint density at radius 1 is 1.16 bits per heavy atom. The molecule has 4 N–H and O–H groups in total. The van der Waals surface area contributed by atoms with E-state index in [2.05, 4.69) is 35.9 Å². The first-order valence-corrected chi connectivity index (χ1v) is 8.53. The summed E-state index contributed by atoms with van der Waals surface area (Å²) in [6, 6.07) is 5.45. The molecule has 25 heavy (non-hydrogen) atoms. The molecule has 0 saturated carbocycles. The number of benzene rings is 2. The number of carboxylic acids is 1. The van der Waals surface area contributed by atoms with E-state index in [1.807, 2.05) is 0 Å². The van der Waals surface area contributed by atoms with Gasteiger partial charge in [-0.15, -0.1) is 0 Å². The lowest BCUT2D eigenvalue weighted by Crippen LogP contribution is -1.99. The number of aromatic amines is 3. The van der Waals surface area contributed by atoms with E-state index >= 15 is 0 Å². The van der Waals surface area contributed by atoms with Crippen molar-refractivity contribution in [2.45, 2.75) is 10.1 Å². The minimum atomic E-state index is -1.11. The molecular weight excluding hydrogens is 415 g/mol. The fraction of sp³-hybridized carbons (Fsp3) is 0. The van der Waals surface area contributed by atoms with Gasteiger partial charge < -0.3 is 20.1 Å². The van der Waals surface area contributed by atoms with Gasteiger partial charge in [0.05, 0.1) is 22.1 Å². The van der Waals surface area contributed by atoms with E-state index in [0.717, 1.165) is 11.8 Å². The monoisotopic (exact) mass is 422 g/mol. The van der Waals surface area contributed by atoms with Gasteiger partial charge in [-0.1, -0.05) is 0 Å². The van der Waals surface area contributed by atoms with Crippen LogP contribution in [0.4, 0.5) is 4.39 Å². The van der Waals surface area contributed by atoms with Crippen LogP contribution < -0.4 is 5.69 Å². The van der Waals surface area contributed by atoms with Crippen LogP contribution in [0.3, 0.4) is 0 Å². The Morgan fingerprint density at radius 2 is 1.96 bits per heavy atom. The summed E-state index contributed by atoms with van der Waals surface area (Å²) in [5, 5.41) is 9.68. The standard InChI is InChI=1S/C15H8BrFN4O3S/c16-7-3-6(17)4-9-11(7)21-15(19-9)25-10-2-5(13(22)23)1-8-12(10)20-14(24)18-8/h1-4H,(H,19,21)(H,22,23)(H2,18,20,24). The van der Waals surface area contributed by atoms with Gasteiger partial charge in [0.15, 0.2) is 5.16 Å². The van der Waals surface area contributed by atoms with E-state index in [1.165, 1.54) is 24.3 Å². The molecule has 0 atom stereocenters. The highest BCUT2D eigenvalue weighted by Gasteiger charge is 2.15. The summed E-state index contributed by atoms with van der Waals surface area (Å²) in [4.78, 5) is 35.9. The average molecular weight is 423 g/mol. The number of carbonyl (C=O) groups is 1. The Hall–Kier alpha value is -2.59. The summed E-state index contributed by atoms with van der Waals surface area (Å²) in [7, 11) is 0. The SMILES string of the molecule is O=C(O)c1cc(Sc2nc3c(Br)cc(F)cc3[nH]2)c2[nH]c(=O)[nH]c2c1. The van der Waals surface area contributed by atoms with Gasteiger partial charge in [0, 0.05) is 9.37 Å². The first kappa shape index (κ1) is 15.9. The van der Waals surface area contributed by atoms with Crippen LogP contribution in [0.15, 0.2) is 43.6 Å². The summed E-state index contributed by atoms with van der Waals surface area (Å²) in [6.45, 7) is 0. The van der Waals surface area contributed by atoms with Gasteiger partial charge >= 0.3 is 11.7 Å². The molecule has 126 valence electrons. The lowest BCUT2D eigenvalue weighted by Gasteiger charge is -2.02. The number of nitrogens with zero attached hydrogens (tertiary/aromatic N) is 1. The first-order valence-electron chi connectivity index (χ1n) is 6.92. The predicted molar refractivity (Wildman–Crippen MR) is 93.8 cm³/mol. The highest BCUT2D eigenvalue weighted by molar-refractivity contribution is 9.10. The van der Waals surface area contributed by atoms with Gasteiger partial charge in [-0.05, 0) is 52.0 Å². The molecule has 7 nitrogen and oxygen atoms in total. The molecule has 4 rings (SSSR count). The second kappa shape index (κ2) is 5.74. The molecule has 10 heteroatoms. The number of H-pyrrole nitrogens is 3. The molecule has 2 aromatic heterocycles. The third kappa shape index (κ3) is 2.83. The van der Waals surface area contributed by atoms with Gasteiger partial charge in [-0.25, -0.2) is 19.0 Å². The Bertz CT molecular complexity index is 1210. The predicted octanol–water partition coefficient (Wildman–Crippen LogP) is 3.48. The molecule has 0 spiro atoms. The molecule has 0 aliphatic carbocycles. The number of halogens is 2. The van der Waals surface area contributed by atoms with E-state index < -0.39 is 17.5 Å². The van der Waals surface area contributed by atoms with Gasteiger partial charge in [-0.3, -0.25) is 0 Å². The third-order valence-electron chi connectivity index (χ3n) is 3.53. The highest BCUT2D eigenvalue weighted by Crippen LogP contribution is 2.34. The lowest BCUT2D eigenvalue weighted by atomic mass is 10.2. The van der Waals surface area contributed by atoms with Crippen molar-refractivity contribution in [1.29, 1.82) is 0 Å². The van der Waals surface area contributed by atoms with Gasteiger partial charge in [0.25, 0.3) is 0 Å². The Morgan fingerprint density at radius 3 is 2.72 bits per heavy atom. The topological polar surface area (TPSA) is 115 Å². The van der Waals surface area contributed by atoms with Crippen LogP contribution in [0.1, 0.15) is 10.4 Å². The van der Waals surface area contributed by atoms with Crippen LogP contribution >= 0.6 is 27.7 Å². The van der Waals surface area contributed by atoms with Gasteiger partial charge in [-0.2, -0.15) is 0 Å². The molecule has 0 bridgehead atoms. The number of imidazole rings is 2. The molecule has 0 amide bonds. The number of hydrogen-bond acceptors (Lipinski definition) is 4. The summed E-state index contributed by atoms with van der Waals surface area (Å²) in [5.74, 6) is -1.52. The maximum absolute atomic E-state index is 13.5. The summed E-state index contributed by atoms with van der Waals surface area (Å²) in [5.41, 5.74) is 1.52. The molecule has 0 fully saturated rings. The van der Waals surface area contributed by atoms with Crippen molar-refractivity contribution in [1.82, 2.24) is 19.9 Å². The van der Waals surface area contributed by atoms with Crippen LogP contribution in [-0.4, -0.2) is 31.0 Å². The highest BCUT2D eigenvalue weighted by atomic mass is 79.9. The molecule has 0 radical (unpaired) electrons. The van der Waals surface area contributed by atoms with Crippen molar-refractivity contribution in [3.8, 4) is 0 Å². The van der Waals surface area contributed by atoms with Gasteiger partial charge in [0.1, 0.15) is 11.3 Å². The third-order valence-corrected chi connectivity index (χ3v) is 5.06. The Balaban J connectivity index is 1.86. The quantitative estimate of drug-likeness (QED) is 0.403. The number of carboxylic acid groups (broad SMARTS) is 1. The van der Waals surface area contributed by atoms with Crippen LogP contribution in [0.25, 0.3) is 22.1 Å². The molecular formula is C15H8BrFN4O3S. The lowest BCUT2D eigenvalue weighted by molar-refractivity contribution is 0.0697. The fourth-order valence-corrected chi connectivity index (χ4v) is 3.96. The van der Waals surface area contributed by atoms with Crippen molar-refractivity contribution in [3.63, 3.8) is 0 Å². The minimum absolute atomic E-state index is 0.0357. The zero-order chi connectivity index (χ0) is 17.7. The zero-order valence-corrected chi connectivity index (χ0v) is 14.6. The number of nitrogens with one attached hydrogen (secondary N) is 3. The molecule has 0 aliphatic rings. The Kier molecular flexibility index (Phi) is 3.65. The van der Waals surface area contributed by atoms with Crippen molar-refractivity contribution in [3.05, 3.63) is 50.6 Å². The molecule has 2 heterocycles. The van der Waals surface area contributed by atoms with Crippen molar-refractivity contribution >= 4 is 55.7 Å². The van der Waals surface area contributed by atoms with Crippen molar-refractivity contribution < 1.29 is 14.3 Å². The molecule has 4 aromatic rings. The van der Waals surface area contributed by atoms with Crippen LogP contribution in [0, 0.1) is 5.82 Å². The fourth-order valence-electron chi connectivity index (χ4n) is 2.49. The van der Waals surface area contributed by atoms with Crippen LogP contribution in [0.5, 0.6) is 0 Å². The zero-order valence-electron chi connectivity index (χ0n) is 12.2. The van der Waals surface area contributed by atoms with Gasteiger partial charge in [0.2, 0.25) is 0 Å². The number of fused-ring (bicyclic) bond motifs is 2. The first-order chi connectivity index (χ1) is 11.9. The van der Waals surface area contributed by atoms with E-state index in [9.17, 15) is 19.1 Å². The van der Waals surface area contributed by atoms with Crippen LogP contribution in [0.2, 0.25) is 0 Å². The van der Waals surface area contributed by atoms with E-state index in [-0.39, 0.29) is 5.56 Å². The minimum Gasteiger partial charge on any atom is -0.478 e. The van der Waals surface area contributed by atoms with E-state index in [4.69, 9.17) is 0 Å². The molecule has 2 aromatic carbocycles. The van der Waals surface area contributed by atoms with E-state index in [1.54, 1.807) is 0 Å².